The van der Waals surface area contributed by atoms with Crippen LogP contribution in [0.5, 0.6) is 0 Å². The van der Waals surface area contributed by atoms with Gasteiger partial charge in [0.05, 0.1) is 4.70 Å². The summed E-state index contributed by atoms with van der Waals surface area (Å²) in [5, 5.41) is 3.13. The molecule has 0 aliphatic heterocycles. The molecule has 3 aromatic rings. The van der Waals surface area contributed by atoms with Crippen molar-refractivity contribution in [3.05, 3.63) is 59.4 Å². The molecule has 118 valence electrons. The van der Waals surface area contributed by atoms with Gasteiger partial charge in [0.1, 0.15) is 11.3 Å². The highest BCUT2D eigenvalue weighted by Gasteiger charge is 2.15. The molecule has 0 aliphatic rings. The van der Waals surface area contributed by atoms with Crippen molar-refractivity contribution in [1.29, 1.82) is 0 Å². The number of amides is 1. The highest BCUT2D eigenvalue weighted by atomic mass is 32.1. The van der Waals surface area contributed by atoms with E-state index in [4.69, 9.17) is 0 Å². The SMILES string of the molecule is CC(C)(C)c1ccc(C(=O)Nc2nc3c(F)cccc3s2)cc1. The third-order valence-corrected chi connectivity index (χ3v) is 4.54. The van der Waals surface area contributed by atoms with Crippen LogP contribution in [-0.2, 0) is 5.41 Å². The van der Waals surface area contributed by atoms with Crippen LogP contribution in [0.1, 0.15) is 36.7 Å². The number of thiazole rings is 1. The largest absolute Gasteiger partial charge is 0.298 e. The lowest BCUT2D eigenvalue weighted by atomic mass is 9.87. The minimum Gasteiger partial charge on any atom is -0.298 e. The molecule has 3 rings (SSSR count). The highest BCUT2D eigenvalue weighted by molar-refractivity contribution is 7.22. The first kappa shape index (κ1) is 15.6. The van der Waals surface area contributed by atoms with Gasteiger partial charge in [0.25, 0.3) is 5.91 Å². The lowest BCUT2D eigenvalue weighted by Crippen LogP contribution is -2.14. The second kappa shape index (κ2) is 5.74. The van der Waals surface area contributed by atoms with Crippen molar-refractivity contribution in [2.75, 3.05) is 5.32 Å². The average Bonchev–Trinajstić information content (AvgIpc) is 2.90. The molecule has 0 bridgehead atoms. The van der Waals surface area contributed by atoms with E-state index in [0.29, 0.717) is 15.4 Å². The molecule has 23 heavy (non-hydrogen) atoms. The van der Waals surface area contributed by atoms with Gasteiger partial charge < -0.3 is 0 Å². The summed E-state index contributed by atoms with van der Waals surface area (Å²) in [5.74, 6) is -0.626. The van der Waals surface area contributed by atoms with Crippen LogP contribution in [0.15, 0.2) is 42.5 Å². The molecule has 5 heteroatoms. The van der Waals surface area contributed by atoms with Gasteiger partial charge in [0.2, 0.25) is 0 Å². The van der Waals surface area contributed by atoms with Crippen LogP contribution in [0.3, 0.4) is 0 Å². The number of fused-ring (bicyclic) bond motifs is 1. The Morgan fingerprint density at radius 2 is 1.83 bits per heavy atom. The number of aromatic nitrogens is 1. The summed E-state index contributed by atoms with van der Waals surface area (Å²) < 4.78 is 14.4. The first-order chi connectivity index (χ1) is 10.8. The second-order valence-electron chi connectivity index (χ2n) is 6.39. The monoisotopic (exact) mass is 328 g/mol. The van der Waals surface area contributed by atoms with E-state index in [1.54, 1.807) is 24.3 Å². The summed E-state index contributed by atoms with van der Waals surface area (Å²) >= 11 is 1.26. The summed E-state index contributed by atoms with van der Waals surface area (Å²) in [4.78, 5) is 16.4. The zero-order chi connectivity index (χ0) is 16.6. The van der Waals surface area contributed by atoms with Gasteiger partial charge >= 0.3 is 0 Å². The molecule has 0 saturated carbocycles. The molecule has 0 spiro atoms. The van der Waals surface area contributed by atoms with Crippen molar-refractivity contribution >= 4 is 32.6 Å². The van der Waals surface area contributed by atoms with Gasteiger partial charge in [-0.1, -0.05) is 50.3 Å². The topological polar surface area (TPSA) is 42.0 Å². The predicted molar refractivity (Wildman–Crippen MR) is 92.7 cm³/mol. The van der Waals surface area contributed by atoms with Crippen LogP contribution in [0.2, 0.25) is 0 Å². The molecule has 2 aromatic carbocycles. The van der Waals surface area contributed by atoms with Gasteiger partial charge in [-0.15, -0.1) is 0 Å². The molecule has 3 nitrogen and oxygen atoms in total. The minimum atomic E-state index is -0.381. The number of hydrogen-bond acceptors (Lipinski definition) is 3. The molecule has 1 N–H and O–H groups in total. The zero-order valence-corrected chi connectivity index (χ0v) is 14.0. The van der Waals surface area contributed by atoms with Crippen molar-refractivity contribution < 1.29 is 9.18 Å². The average molecular weight is 328 g/mol. The Morgan fingerprint density at radius 3 is 2.43 bits per heavy atom. The standard InChI is InChI=1S/C18H17FN2OS/c1-18(2,3)12-9-7-11(8-10-12)16(22)21-17-20-15-13(19)5-4-6-14(15)23-17/h4-10H,1-3H3,(H,20,21,22). The molecular formula is C18H17FN2OS. The Morgan fingerprint density at radius 1 is 1.13 bits per heavy atom. The highest BCUT2D eigenvalue weighted by Crippen LogP contribution is 2.28. The van der Waals surface area contributed by atoms with E-state index in [2.05, 4.69) is 31.1 Å². The van der Waals surface area contributed by atoms with Crippen LogP contribution in [0.25, 0.3) is 10.2 Å². The van der Waals surface area contributed by atoms with Crippen molar-refractivity contribution in [1.82, 2.24) is 4.98 Å². The number of hydrogen-bond donors (Lipinski definition) is 1. The molecule has 1 amide bonds. The smallest absolute Gasteiger partial charge is 0.257 e. The van der Waals surface area contributed by atoms with Gasteiger partial charge in [-0.25, -0.2) is 9.37 Å². The van der Waals surface area contributed by atoms with E-state index in [0.717, 1.165) is 5.56 Å². The molecule has 1 heterocycles. The van der Waals surface area contributed by atoms with Gasteiger partial charge in [-0.3, -0.25) is 10.1 Å². The van der Waals surface area contributed by atoms with Crippen LogP contribution in [0.4, 0.5) is 9.52 Å². The number of nitrogens with zero attached hydrogens (tertiary/aromatic N) is 1. The maximum absolute atomic E-state index is 13.6. The van der Waals surface area contributed by atoms with E-state index in [1.807, 2.05) is 12.1 Å². The first-order valence-electron chi connectivity index (χ1n) is 7.31. The molecule has 0 saturated heterocycles. The van der Waals surface area contributed by atoms with Crippen molar-refractivity contribution in [3.63, 3.8) is 0 Å². The quantitative estimate of drug-likeness (QED) is 0.720. The lowest BCUT2D eigenvalue weighted by molar-refractivity contribution is 0.102. The van der Waals surface area contributed by atoms with E-state index in [1.165, 1.54) is 17.4 Å². The fourth-order valence-electron chi connectivity index (χ4n) is 2.26. The number of rotatable bonds is 2. The van der Waals surface area contributed by atoms with Gasteiger partial charge in [0, 0.05) is 5.56 Å². The van der Waals surface area contributed by atoms with Gasteiger partial charge in [-0.2, -0.15) is 0 Å². The number of halogens is 1. The Hall–Kier alpha value is -2.27. The Labute approximate surface area is 138 Å². The van der Waals surface area contributed by atoms with E-state index in [-0.39, 0.29) is 22.7 Å². The number of para-hydroxylation sites is 1. The minimum absolute atomic E-state index is 0.0412. The number of anilines is 1. The van der Waals surface area contributed by atoms with E-state index in [9.17, 15) is 9.18 Å². The summed E-state index contributed by atoms with van der Waals surface area (Å²) in [6.45, 7) is 6.37. The van der Waals surface area contributed by atoms with Crippen LogP contribution in [-0.4, -0.2) is 10.9 Å². The zero-order valence-electron chi connectivity index (χ0n) is 13.2. The van der Waals surface area contributed by atoms with E-state index < -0.39 is 0 Å². The van der Waals surface area contributed by atoms with Crippen molar-refractivity contribution in [3.8, 4) is 0 Å². The fourth-order valence-corrected chi connectivity index (χ4v) is 3.13. The number of carbonyl (C=O) groups is 1. The van der Waals surface area contributed by atoms with Crippen LogP contribution in [0, 0.1) is 5.82 Å². The van der Waals surface area contributed by atoms with Gasteiger partial charge in [-0.05, 0) is 35.2 Å². The lowest BCUT2D eigenvalue weighted by Gasteiger charge is -2.18. The summed E-state index contributed by atoms with van der Waals surface area (Å²) in [7, 11) is 0. The molecule has 0 unspecified atom stereocenters. The van der Waals surface area contributed by atoms with Crippen LogP contribution >= 0.6 is 11.3 Å². The molecule has 0 fully saturated rings. The molecule has 1 aromatic heterocycles. The Balaban J connectivity index is 1.81. The normalized spacial score (nSPS) is 11.7. The Kier molecular flexibility index (Phi) is 3.90. The summed E-state index contributed by atoms with van der Waals surface area (Å²) in [5.41, 5.74) is 2.05. The fraction of sp³-hybridized carbons (Fsp3) is 0.222. The summed E-state index contributed by atoms with van der Waals surface area (Å²) in [6.07, 6.45) is 0. The summed E-state index contributed by atoms with van der Waals surface area (Å²) in [6, 6.07) is 12.3. The second-order valence-corrected chi connectivity index (χ2v) is 7.42. The van der Waals surface area contributed by atoms with Gasteiger partial charge in [0.15, 0.2) is 5.13 Å². The molecule has 0 radical (unpaired) electrons. The number of nitrogens with one attached hydrogen (secondary N) is 1. The number of carbonyl (C=O) groups excluding carboxylic acids is 1. The molecule has 0 atom stereocenters. The Bertz CT molecular complexity index is 863. The van der Waals surface area contributed by atoms with Crippen molar-refractivity contribution in [2.45, 2.75) is 26.2 Å². The number of benzene rings is 2. The molecule has 0 aliphatic carbocycles. The third kappa shape index (κ3) is 3.24. The van der Waals surface area contributed by atoms with Crippen molar-refractivity contribution in [2.24, 2.45) is 0 Å². The van der Waals surface area contributed by atoms with E-state index >= 15 is 0 Å². The maximum Gasteiger partial charge on any atom is 0.257 e. The predicted octanol–water partition coefficient (Wildman–Crippen LogP) is 4.99. The maximum atomic E-state index is 13.6. The third-order valence-electron chi connectivity index (χ3n) is 3.60. The molecular weight excluding hydrogens is 311 g/mol. The first-order valence-corrected chi connectivity index (χ1v) is 8.13. The van der Waals surface area contributed by atoms with Crippen LogP contribution < -0.4 is 5.32 Å².